The minimum absolute atomic E-state index is 0.631. The molecule has 1 aliphatic rings. The molecule has 1 saturated heterocycles. The van der Waals surface area contributed by atoms with Crippen LogP contribution in [0.3, 0.4) is 0 Å². The zero-order valence-corrected chi connectivity index (χ0v) is 12.4. The topological polar surface area (TPSA) is 3.24 Å². The maximum absolute atomic E-state index is 3.62. The molecule has 0 aliphatic carbocycles. The highest BCUT2D eigenvalue weighted by Gasteiger charge is 2.22. The first kappa shape index (κ1) is 13.1. The Balaban J connectivity index is 1.99. The molecule has 2 heteroatoms. The van der Waals surface area contributed by atoms with Gasteiger partial charge in [-0.2, -0.15) is 0 Å². The van der Waals surface area contributed by atoms with Crippen LogP contribution in [0.25, 0.3) is 0 Å². The predicted octanol–water partition coefficient (Wildman–Crippen LogP) is 4.17. The van der Waals surface area contributed by atoms with Crippen molar-refractivity contribution in [2.75, 3.05) is 11.9 Å². The Morgan fingerprint density at radius 3 is 2.59 bits per heavy atom. The number of rotatable bonds is 4. The largest absolute Gasteiger partial charge is 0.295 e. The number of halogens is 1. The summed E-state index contributed by atoms with van der Waals surface area (Å²) in [4.78, 5) is 2.60. The third-order valence-electron chi connectivity index (χ3n) is 3.71. The third kappa shape index (κ3) is 3.32. The molecule has 94 valence electrons. The highest BCUT2D eigenvalue weighted by Crippen LogP contribution is 2.22. The summed E-state index contributed by atoms with van der Waals surface area (Å²) in [6.45, 7) is 6.85. The summed E-state index contributed by atoms with van der Waals surface area (Å²) in [5.74, 6) is 0.631. The number of hydrogen-bond acceptors (Lipinski definition) is 1. The van der Waals surface area contributed by atoms with E-state index in [1.165, 1.54) is 30.5 Å². The molecule has 0 N–H and O–H groups in total. The van der Waals surface area contributed by atoms with Crippen molar-refractivity contribution in [3.8, 4) is 0 Å². The fourth-order valence-corrected chi connectivity index (χ4v) is 3.25. The minimum atomic E-state index is 0.631. The lowest BCUT2D eigenvalue weighted by Gasteiger charge is -2.22. The first-order valence-electron chi connectivity index (χ1n) is 6.59. The zero-order chi connectivity index (χ0) is 12.3. The number of benzene rings is 1. The molecule has 1 fully saturated rings. The first-order valence-corrected chi connectivity index (χ1v) is 7.71. The fraction of sp³-hybridized carbons (Fsp3) is 0.600. The molecule has 0 aromatic heterocycles. The molecule has 1 aliphatic heterocycles. The summed E-state index contributed by atoms with van der Waals surface area (Å²) < 4.78 is 0. The highest BCUT2D eigenvalue weighted by molar-refractivity contribution is 9.09. The summed E-state index contributed by atoms with van der Waals surface area (Å²) in [7, 11) is 0. The second kappa shape index (κ2) is 6.01. The van der Waals surface area contributed by atoms with Crippen LogP contribution < -0.4 is 0 Å². The lowest BCUT2D eigenvalue weighted by molar-refractivity contribution is 0.265. The van der Waals surface area contributed by atoms with Gasteiger partial charge in [-0.3, -0.25) is 4.90 Å². The maximum Gasteiger partial charge on any atom is 0.0237 e. The number of alkyl halides is 1. The van der Waals surface area contributed by atoms with Crippen molar-refractivity contribution in [2.45, 2.75) is 45.2 Å². The van der Waals surface area contributed by atoms with Crippen molar-refractivity contribution >= 4 is 15.9 Å². The molecule has 1 heterocycles. The fourth-order valence-electron chi connectivity index (χ4n) is 2.52. The van der Waals surface area contributed by atoms with Crippen LogP contribution in [0.5, 0.6) is 0 Å². The molecule has 2 rings (SSSR count). The van der Waals surface area contributed by atoms with E-state index in [4.69, 9.17) is 0 Å². The Labute approximate surface area is 113 Å². The van der Waals surface area contributed by atoms with Gasteiger partial charge in [0.1, 0.15) is 0 Å². The predicted molar refractivity (Wildman–Crippen MR) is 77.8 cm³/mol. The van der Waals surface area contributed by atoms with Crippen LogP contribution in [0.2, 0.25) is 0 Å². The van der Waals surface area contributed by atoms with Gasteiger partial charge in [0.2, 0.25) is 0 Å². The molecule has 1 atom stereocenters. The van der Waals surface area contributed by atoms with Gasteiger partial charge < -0.3 is 0 Å². The van der Waals surface area contributed by atoms with E-state index in [0.29, 0.717) is 5.92 Å². The third-order valence-corrected chi connectivity index (χ3v) is 4.46. The summed E-state index contributed by atoms with van der Waals surface area (Å²) >= 11 is 3.62. The second-order valence-electron chi connectivity index (χ2n) is 5.32. The highest BCUT2D eigenvalue weighted by atomic mass is 79.9. The average Bonchev–Trinajstić information content (AvgIpc) is 2.77. The molecule has 0 amide bonds. The maximum atomic E-state index is 3.62. The molecule has 0 saturated carbocycles. The van der Waals surface area contributed by atoms with Crippen LogP contribution in [0, 0.1) is 0 Å². The SMILES string of the molecule is CC(C)c1ccc(CN2CCCC2CBr)cc1. The van der Waals surface area contributed by atoms with E-state index in [1.54, 1.807) is 0 Å². The lowest BCUT2D eigenvalue weighted by Crippen LogP contribution is -2.29. The van der Waals surface area contributed by atoms with Crippen molar-refractivity contribution in [1.82, 2.24) is 4.90 Å². The van der Waals surface area contributed by atoms with E-state index in [9.17, 15) is 0 Å². The van der Waals surface area contributed by atoms with Gasteiger partial charge in [-0.25, -0.2) is 0 Å². The Bertz CT molecular complexity index is 344. The summed E-state index contributed by atoms with van der Waals surface area (Å²) in [6.07, 6.45) is 2.69. The van der Waals surface area contributed by atoms with Crippen molar-refractivity contribution < 1.29 is 0 Å². The first-order chi connectivity index (χ1) is 8.20. The molecule has 1 unspecified atom stereocenters. The van der Waals surface area contributed by atoms with Crippen LogP contribution in [0.4, 0.5) is 0 Å². The number of likely N-dealkylation sites (tertiary alicyclic amines) is 1. The van der Waals surface area contributed by atoms with Gasteiger partial charge >= 0.3 is 0 Å². The zero-order valence-electron chi connectivity index (χ0n) is 10.8. The van der Waals surface area contributed by atoms with Crippen LogP contribution in [0.1, 0.15) is 43.7 Å². The van der Waals surface area contributed by atoms with E-state index in [1.807, 2.05) is 0 Å². The normalized spacial score (nSPS) is 21.3. The van der Waals surface area contributed by atoms with Crippen molar-refractivity contribution in [1.29, 1.82) is 0 Å². The van der Waals surface area contributed by atoms with E-state index in [0.717, 1.165) is 17.9 Å². The van der Waals surface area contributed by atoms with Crippen LogP contribution in [0.15, 0.2) is 24.3 Å². The molecule has 0 radical (unpaired) electrons. The Morgan fingerprint density at radius 2 is 2.00 bits per heavy atom. The van der Waals surface area contributed by atoms with Gasteiger partial charge in [0, 0.05) is 17.9 Å². The standard InChI is InChI=1S/C15H22BrN/c1-12(2)14-7-5-13(6-8-14)11-17-9-3-4-15(17)10-16/h5-8,12,15H,3-4,9-11H2,1-2H3. The van der Waals surface area contributed by atoms with E-state index in [-0.39, 0.29) is 0 Å². The van der Waals surface area contributed by atoms with E-state index >= 15 is 0 Å². The molecule has 0 bridgehead atoms. The van der Waals surface area contributed by atoms with Gasteiger partial charge in [0.15, 0.2) is 0 Å². The van der Waals surface area contributed by atoms with Gasteiger partial charge in [-0.15, -0.1) is 0 Å². The Kier molecular flexibility index (Phi) is 4.63. The monoisotopic (exact) mass is 295 g/mol. The van der Waals surface area contributed by atoms with Gasteiger partial charge in [0.25, 0.3) is 0 Å². The summed E-state index contributed by atoms with van der Waals surface area (Å²) in [6, 6.07) is 9.87. The molecule has 1 aromatic carbocycles. The van der Waals surface area contributed by atoms with Crippen LogP contribution in [-0.2, 0) is 6.54 Å². The second-order valence-corrected chi connectivity index (χ2v) is 5.96. The molecule has 1 aromatic rings. The van der Waals surface area contributed by atoms with Crippen LogP contribution in [-0.4, -0.2) is 22.8 Å². The van der Waals surface area contributed by atoms with E-state index in [2.05, 4.69) is 58.9 Å². The molecular formula is C15H22BrN. The number of nitrogens with zero attached hydrogens (tertiary/aromatic N) is 1. The van der Waals surface area contributed by atoms with E-state index < -0.39 is 0 Å². The van der Waals surface area contributed by atoms with Crippen molar-refractivity contribution in [3.05, 3.63) is 35.4 Å². The van der Waals surface area contributed by atoms with Crippen LogP contribution >= 0.6 is 15.9 Å². The van der Waals surface area contributed by atoms with Crippen molar-refractivity contribution in [3.63, 3.8) is 0 Å². The minimum Gasteiger partial charge on any atom is -0.295 e. The Hall–Kier alpha value is -0.340. The average molecular weight is 296 g/mol. The molecule has 17 heavy (non-hydrogen) atoms. The quantitative estimate of drug-likeness (QED) is 0.754. The van der Waals surface area contributed by atoms with Crippen molar-refractivity contribution in [2.24, 2.45) is 0 Å². The molecular weight excluding hydrogens is 274 g/mol. The van der Waals surface area contributed by atoms with Gasteiger partial charge in [-0.1, -0.05) is 54.0 Å². The molecule has 1 nitrogen and oxygen atoms in total. The van der Waals surface area contributed by atoms with Gasteiger partial charge in [0.05, 0.1) is 0 Å². The van der Waals surface area contributed by atoms with Gasteiger partial charge in [-0.05, 0) is 36.4 Å². The summed E-state index contributed by atoms with van der Waals surface area (Å²) in [5, 5.41) is 1.11. The number of hydrogen-bond donors (Lipinski definition) is 0. The lowest BCUT2D eigenvalue weighted by atomic mass is 10.0. The molecule has 0 spiro atoms. The Morgan fingerprint density at radius 1 is 1.29 bits per heavy atom. The smallest absolute Gasteiger partial charge is 0.0237 e. The summed E-state index contributed by atoms with van der Waals surface area (Å²) in [5.41, 5.74) is 2.88.